The van der Waals surface area contributed by atoms with Gasteiger partial charge in [-0.3, -0.25) is 4.98 Å². The van der Waals surface area contributed by atoms with Crippen molar-refractivity contribution in [2.45, 2.75) is 4.90 Å². The lowest BCUT2D eigenvalue weighted by Gasteiger charge is -2.07. The van der Waals surface area contributed by atoms with Gasteiger partial charge in [-0.1, -0.05) is 18.2 Å². The first-order valence-electron chi connectivity index (χ1n) is 4.78. The molecule has 0 spiro atoms. The second-order valence-electron chi connectivity index (χ2n) is 3.50. The highest BCUT2D eigenvalue weighted by Gasteiger charge is 2.13. The van der Waals surface area contributed by atoms with Crippen LogP contribution in [0.5, 0.6) is 0 Å². The number of sulfone groups is 1. The molecule has 0 unspecified atom stereocenters. The van der Waals surface area contributed by atoms with Crippen LogP contribution in [0, 0.1) is 0 Å². The maximum Gasteiger partial charge on any atom is 0.176 e. The van der Waals surface area contributed by atoms with Gasteiger partial charge in [-0.05, 0) is 23.8 Å². The topological polar surface area (TPSA) is 47.0 Å². The van der Waals surface area contributed by atoms with Gasteiger partial charge in [0.15, 0.2) is 9.84 Å². The fourth-order valence-corrected chi connectivity index (χ4v) is 2.47. The molecule has 1 aromatic carbocycles. The number of hydrogen-bond donors (Lipinski definition) is 0. The first-order valence-corrected chi connectivity index (χ1v) is 6.67. The zero-order valence-corrected chi connectivity index (χ0v) is 9.61. The largest absolute Gasteiger partial charge is 0.265 e. The Morgan fingerprint density at radius 1 is 1.00 bits per heavy atom. The maximum atomic E-state index is 11.6. The average molecular weight is 233 g/mol. The monoisotopic (exact) mass is 233 g/mol. The molecule has 0 saturated carbocycles. The maximum absolute atomic E-state index is 11.6. The summed E-state index contributed by atoms with van der Waals surface area (Å²) in [7, 11) is -3.20. The minimum atomic E-state index is -3.20. The van der Waals surface area contributed by atoms with Crippen molar-refractivity contribution in [2.75, 3.05) is 6.26 Å². The number of rotatable bonds is 2. The van der Waals surface area contributed by atoms with Crippen molar-refractivity contribution in [3.8, 4) is 11.1 Å². The molecule has 0 aliphatic rings. The van der Waals surface area contributed by atoms with Crippen molar-refractivity contribution in [1.29, 1.82) is 0 Å². The second kappa shape index (κ2) is 4.06. The van der Waals surface area contributed by atoms with Crippen molar-refractivity contribution >= 4 is 9.84 Å². The van der Waals surface area contributed by atoms with Crippen LogP contribution in [0.25, 0.3) is 11.1 Å². The van der Waals surface area contributed by atoms with E-state index in [0.29, 0.717) is 10.5 Å². The van der Waals surface area contributed by atoms with Crippen molar-refractivity contribution in [3.05, 3.63) is 48.8 Å². The SMILES string of the molecule is CS(=O)(=O)c1ccccc1-c1ccncc1. The summed E-state index contributed by atoms with van der Waals surface area (Å²) in [6, 6.07) is 10.6. The van der Waals surface area contributed by atoms with E-state index in [1.807, 2.05) is 6.07 Å². The fourth-order valence-electron chi connectivity index (χ4n) is 1.56. The van der Waals surface area contributed by atoms with Crippen LogP contribution in [0.4, 0.5) is 0 Å². The molecule has 1 heterocycles. The van der Waals surface area contributed by atoms with Crippen molar-refractivity contribution in [2.24, 2.45) is 0 Å². The summed E-state index contributed by atoms with van der Waals surface area (Å²) in [6.07, 6.45) is 4.51. The number of nitrogens with zero attached hydrogens (tertiary/aromatic N) is 1. The summed E-state index contributed by atoms with van der Waals surface area (Å²) in [4.78, 5) is 4.26. The molecular formula is C12H11NO2S. The van der Waals surface area contributed by atoms with E-state index in [2.05, 4.69) is 4.98 Å². The Bertz CT molecular complexity index is 591. The van der Waals surface area contributed by atoms with E-state index in [0.717, 1.165) is 5.56 Å². The summed E-state index contributed by atoms with van der Waals surface area (Å²) in [5, 5.41) is 0. The Morgan fingerprint density at radius 2 is 1.62 bits per heavy atom. The van der Waals surface area contributed by atoms with Crippen molar-refractivity contribution in [1.82, 2.24) is 4.98 Å². The molecule has 0 amide bonds. The summed E-state index contributed by atoms with van der Waals surface area (Å²) in [5.41, 5.74) is 1.57. The third kappa shape index (κ3) is 2.12. The van der Waals surface area contributed by atoms with Crippen LogP contribution in [0.1, 0.15) is 0 Å². The zero-order valence-electron chi connectivity index (χ0n) is 8.79. The van der Waals surface area contributed by atoms with Crippen LogP contribution in [-0.2, 0) is 9.84 Å². The molecule has 0 saturated heterocycles. The molecule has 0 atom stereocenters. The summed E-state index contributed by atoms with van der Waals surface area (Å²) in [6.45, 7) is 0. The molecule has 0 radical (unpaired) electrons. The lowest BCUT2D eigenvalue weighted by molar-refractivity contribution is 0.602. The van der Waals surface area contributed by atoms with E-state index in [-0.39, 0.29) is 0 Å². The van der Waals surface area contributed by atoms with Crippen LogP contribution < -0.4 is 0 Å². The van der Waals surface area contributed by atoms with Crippen LogP contribution in [0.15, 0.2) is 53.7 Å². The lowest BCUT2D eigenvalue weighted by atomic mass is 10.1. The molecule has 3 nitrogen and oxygen atoms in total. The Morgan fingerprint density at radius 3 is 2.25 bits per heavy atom. The van der Waals surface area contributed by atoms with Gasteiger partial charge in [0.1, 0.15) is 0 Å². The number of aromatic nitrogens is 1. The Kier molecular flexibility index (Phi) is 2.75. The molecule has 0 N–H and O–H groups in total. The molecule has 0 aliphatic carbocycles. The van der Waals surface area contributed by atoms with Gasteiger partial charge < -0.3 is 0 Å². The summed E-state index contributed by atoms with van der Waals surface area (Å²) >= 11 is 0. The first kappa shape index (κ1) is 10.8. The van der Waals surface area contributed by atoms with Gasteiger partial charge in [-0.25, -0.2) is 8.42 Å². The number of pyridine rings is 1. The predicted molar refractivity (Wildman–Crippen MR) is 62.8 cm³/mol. The third-order valence-corrected chi connectivity index (χ3v) is 3.43. The normalized spacial score (nSPS) is 11.3. The molecule has 0 aliphatic heterocycles. The van der Waals surface area contributed by atoms with E-state index in [4.69, 9.17) is 0 Å². The molecule has 1 aromatic heterocycles. The third-order valence-electron chi connectivity index (χ3n) is 2.28. The highest BCUT2D eigenvalue weighted by molar-refractivity contribution is 7.90. The van der Waals surface area contributed by atoms with Gasteiger partial charge in [0, 0.05) is 24.2 Å². The van der Waals surface area contributed by atoms with Crippen LogP contribution in [0.2, 0.25) is 0 Å². The quantitative estimate of drug-likeness (QED) is 0.798. The summed E-state index contributed by atoms with van der Waals surface area (Å²) < 4.78 is 23.2. The Labute approximate surface area is 94.7 Å². The first-order chi connectivity index (χ1) is 7.59. The molecule has 2 rings (SSSR count). The van der Waals surface area contributed by atoms with Gasteiger partial charge in [0.05, 0.1) is 4.90 Å². The molecule has 0 bridgehead atoms. The Balaban J connectivity index is 2.68. The van der Waals surface area contributed by atoms with E-state index in [1.54, 1.807) is 42.7 Å². The van der Waals surface area contributed by atoms with E-state index < -0.39 is 9.84 Å². The minimum absolute atomic E-state index is 0.348. The van der Waals surface area contributed by atoms with Crippen LogP contribution in [0.3, 0.4) is 0 Å². The Hall–Kier alpha value is -1.68. The summed E-state index contributed by atoms with van der Waals surface area (Å²) in [5.74, 6) is 0. The highest BCUT2D eigenvalue weighted by Crippen LogP contribution is 2.26. The molecule has 16 heavy (non-hydrogen) atoms. The van der Waals surface area contributed by atoms with Crippen molar-refractivity contribution in [3.63, 3.8) is 0 Å². The van der Waals surface area contributed by atoms with Gasteiger partial charge in [-0.2, -0.15) is 0 Å². The molecular weight excluding hydrogens is 222 g/mol. The van der Waals surface area contributed by atoms with Gasteiger partial charge >= 0.3 is 0 Å². The van der Waals surface area contributed by atoms with E-state index >= 15 is 0 Å². The molecule has 0 fully saturated rings. The fraction of sp³-hybridized carbons (Fsp3) is 0.0833. The number of hydrogen-bond acceptors (Lipinski definition) is 3. The van der Waals surface area contributed by atoms with Gasteiger partial charge in [-0.15, -0.1) is 0 Å². The molecule has 4 heteroatoms. The average Bonchev–Trinajstić information content (AvgIpc) is 2.29. The lowest BCUT2D eigenvalue weighted by Crippen LogP contribution is -1.99. The zero-order chi connectivity index (χ0) is 11.6. The standard InChI is InChI=1S/C12H11NO2S/c1-16(14,15)12-5-3-2-4-11(12)10-6-8-13-9-7-10/h2-9H,1H3. The smallest absolute Gasteiger partial charge is 0.176 e. The van der Waals surface area contributed by atoms with E-state index in [1.165, 1.54) is 6.26 Å². The highest BCUT2D eigenvalue weighted by atomic mass is 32.2. The van der Waals surface area contributed by atoms with Crippen LogP contribution in [-0.4, -0.2) is 19.7 Å². The van der Waals surface area contributed by atoms with Crippen molar-refractivity contribution < 1.29 is 8.42 Å². The van der Waals surface area contributed by atoms with Crippen LogP contribution >= 0.6 is 0 Å². The number of benzene rings is 1. The molecule has 82 valence electrons. The second-order valence-corrected chi connectivity index (χ2v) is 5.49. The van der Waals surface area contributed by atoms with Gasteiger partial charge in [0.2, 0.25) is 0 Å². The minimum Gasteiger partial charge on any atom is -0.265 e. The predicted octanol–water partition coefficient (Wildman–Crippen LogP) is 2.15. The molecule has 2 aromatic rings. The van der Waals surface area contributed by atoms with Gasteiger partial charge in [0.25, 0.3) is 0 Å². The van der Waals surface area contributed by atoms with E-state index in [9.17, 15) is 8.42 Å².